The van der Waals surface area contributed by atoms with Crippen molar-refractivity contribution in [2.75, 3.05) is 19.6 Å². The summed E-state index contributed by atoms with van der Waals surface area (Å²) in [4.78, 5) is 25.4. The smallest absolute Gasteiger partial charge is 0.220 e. The molecule has 0 aromatic rings. The molecule has 0 bridgehead atoms. The van der Waals surface area contributed by atoms with Gasteiger partial charge in [0.25, 0.3) is 0 Å². The standard InChI is InChI=1S/C39H75N7O14/c1-3-5-7-9-11-13-24(47)45-17-22-30(51)32(53)27(44)38(56-22)58-34-20(42)15-19(41)28(49)36(34)60-39-33(54)35(59-37-26(43)31(52)29(50)21(16-40)55-37)23(57-39)18-46-25(48)14-12-10-8-6-4-2/h19-23,26-39,49-54H,3-18,40-44H2,1-2H3,(H,45,47)(H,46,48)/t19-,20+,21?,22-,23-,26-,27-,28+,29-,30-,31-,32-,33-,34-,35-,36-,37-,38-,39+/m1/s1. The molecule has 350 valence electrons. The number of amides is 2. The Morgan fingerprint density at radius 3 is 1.52 bits per heavy atom. The van der Waals surface area contributed by atoms with E-state index in [0.29, 0.717) is 12.8 Å². The highest BCUT2D eigenvalue weighted by atomic mass is 16.8. The minimum Gasteiger partial charge on any atom is -0.389 e. The molecule has 0 spiro atoms. The summed E-state index contributed by atoms with van der Waals surface area (Å²) >= 11 is 0. The van der Waals surface area contributed by atoms with E-state index < -0.39 is 116 Å². The monoisotopic (exact) mass is 866 g/mol. The molecule has 0 aromatic heterocycles. The lowest BCUT2D eigenvalue weighted by Crippen LogP contribution is -2.68. The molecule has 21 heteroatoms. The molecular formula is C39H75N7O14. The van der Waals surface area contributed by atoms with Crippen LogP contribution < -0.4 is 39.3 Å². The van der Waals surface area contributed by atoms with Crippen LogP contribution in [0.1, 0.15) is 97.3 Å². The van der Waals surface area contributed by atoms with Crippen LogP contribution in [0.15, 0.2) is 0 Å². The van der Waals surface area contributed by atoms with E-state index in [-0.39, 0.29) is 50.7 Å². The van der Waals surface area contributed by atoms with Gasteiger partial charge in [-0.1, -0.05) is 65.2 Å². The van der Waals surface area contributed by atoms with Crippen molar-refractivity contribution >= 4 is 11.8 Å². The molecule has 3 heterocycles. The molecule has 1 aliphatic carbocycles. The summed E-state index contributed by atoms with van der Waals surface area (Å²) in [6.07, 6.45) is -10.5. The van der Waals surface area contributed by atoms with E-state index in [0.717, 1.165) is 51.4 Å². The Hall–Kier alpha value is -1.74. The molecule has 21 nitrogen and oxygen atoms in total. The number of nitrogens with two attached hydrogens (primary N) is 5. The maximum Gasteiger partial charge on any atom is 0.220 e. The van der Waals surface area contributed by atoms with Crippen LogP contribution in [0.4, 0.5) is 0 Å². The lowest BCUT2D eigenvalue weighted by atomic mass is 9.84. The van der Waals surface area contributed by atoms with Crippen LogP contribution in [0.25, 0.3) is 0 Å². The SMILES string of the molecule is CCCCCCCC(=O)NC[C@H]1O[C@H](O[C@H]2[C@H](O[C@@H]3O[C@H](CNC(=O)CCCCCCC)[C@@H](O[C@H]4OC(CN)[C@@H](O)[C@H](O)[C@H]4N)[C@H]3O)[C@@H](O)[C@H](N)C[C@@H]2N)[C@H](N)[C@@H](O)[C@@H]1O. The topological polar surface area (TPSA) is 365 Å². The number of nitrogens with one attached hydrogen (secondary N) is 2. The fourth-order valence-corrected chi connectivity index (χ4v) is 8.12. The van der Waals surface area contributed by atoms with Crippen LogP contribution in [-0.2, 0) is 38.0 Å². The van der Waals surface area contributed by atoms with Crippen molar-refractivity contribution in [1.82, 2.24) is 10.6 Å². The molecule has 4 fully saturated rings. The molecule has 2 amide bonds. The predicted octanol–water partition coefficient (Wildman–Crippen LogP) is -3.89. The summed E-state index contributed by atoms with van der Waals surface area (Å²) in [6.45, 7) is 3.71. The highest BCUT2D eigenvalue weighted by Crippen LogP contribution is 2.34. The first-order chi connectivity index (χ1) is 28.6. The van der Waals surface area contributed by atoms with E-state index in [4.69, 9.17) is 57.1 Å². The Morgan fingerprint density at radius 1 is 0.533 bits per heavy atom. The molecule has 60 heavy (non-hydrogen) atoms. The van der Waals surface area contributed by atoms with Crippen molar-refractivity contribution in [1.29, 1.82) is 0 Å². The first-order valence-electron chi connectivity index (χ1n) is 21.9. The minimum absolute atomic E-state index is 0.0525. The summed E-state index contributed by atoms with van der Waals surface area (Å²) in [5.41, 5.74) is 31.0. The first-order valence-corrected chi connectivity index (χ1v) is 21.9. The zero-order valence-electron chi connectivity index (χ0n) is 35.1. The normalized spacial score (nSPS) is 41.0. The van der Waals surface area contributed by atoms with Gasteiger partial charge < -0.3 is 98.4 Å². The number of unbranched alkanes of at least 4 members (excludes halogenated alkanes) is 8. The number of rotatable bonds is 23. The van der Waals surface area contributed by atoms with Gasteiger partial charge in [-0.05, 0) is 19.3 Å². The van der Waals surface area contributed by atoms with Gasteiger partial charge in [0.15, 0.2) is 18.9 Å². The maximum absolute atomic E-state index is 12.8. The number of carbonyl (C=O) groups is 2. The second kappa shape index (κ2) is 24.9. The Morgan fingerprint density at radius 2 is 0.983 bits per heavy atom. The molecule has 0 aromatic carbocycles. The molecular weight excluding hydrogens is 790 g/mol. The number of aliphatic hydroxyl groups excluding tert-OH is 6. The van der Waals surface area contributed by atoms with Gasteiger partial charge in [-0.25, -0.2) is 0 Å². The largest absolute Gasteiger partial charge is 0.389 e. The van der Waals surface area contributed by atoms with Gasteiger partial charge in [-0.15, -0.1) is 0 Å². The Kier molecular flexibility index (Phi) is 21.2. The van der Waals surface area contributed by atoms with Gasteiger partial charge in [-0.3, -0.25) is 9.59 Å². The first kappa shape index (κ1) is 50.9. The van der Waals surface area contributed by atoms with Crippen molar-refractivity contribution in [3.05, 3.63) is 0 Å². The number of hydrogen-bond donors (Lipinski definition) is 13. The summed E-state index contributed by atoms with van der Waals surface area (Å²) in [5.74, 6) is -0.503. The van der Waals surface area contributed by atoms with Crippen LogP contribution in [0, 0.1) is 0 Å². The zero-order valence-corrected chi connectivity index (χ0v) is 35.1. The zero-order chi connectivity index (χ0) is 44.1. The van der Waals surface area contributed by atoms with Crippen LogP contribution >= 0.6 is 0 Å². The maximum atomic E-state index is 12.8. The van der Waals surface area contributed by atoms with Crippen LogP contribution in [-0.4, -0.2) is 178 Å². The molecule has 18 N–H and O–H groups in total. The van der Waals surface area contributed by atoms with Crippen molar-refractivity contribution < 1.29 is 68.6 Å². The average Bonchev–Trinajstić information content (AvgIpc) is 3.51. The Balaban J connectivity index is 1.48. The minimum atomic E-state index is -1.64. The van der Waals surface area contributed by atoms with E-state index in [2.05, 4.69) is 24.5 Å². The number of carbonyl (C=O) groups excluding carboxylic acids is 2. The summed E-state index contributed by atoms with van der Waals surface area (Å²) in [5, 5.41) is 71.4. The second-order valence-electron chi connectivity index (χ2n) is 16.8. The van der Waals surface area contributed by atoms with Gasteiger partial charge in [0, 0.05) is 44.6 Å². The number of ether oxygens (including phenoxy) is 6. The van der Waals surface area contributed by atoms with Gasteiger partial charge >= 0.3 is 0 Å². The van der Waals surface area contributed by atoms with Gasteiger partial charge in [0.1, 0.15) is 67.1 Å². The molecule has 4 aliphatic rings. The van der Waals surface area contributed by atoms with E-state index in [1.54, 1.807) is 0 Å². The predicted molar refractivity (Wildman–Crippen MR) is 215 cm³/mol. The van der Waals surface area contributed by atoms with Crippen molar-refractivity contribution in [2.24, 2.45) is 28.7 Å². The summed E-state index contributed by atoms with van der Waals surface area (Å²) in [6, 6.07) is -4.41. The van der Waals surface area contributed by atoms with Crippen LogP contribution in [0.2, 0.25) is 0 Å². The highest BCUT2D eigenvalue weighted by molar-refractivity contribution is 5.76. The molecule has 3 aliphatic heterocycles. The molecule has 0 radical (unpaired) electrons. The van der Waals surface area contributed by atoms with Crippen molar-refractivity contribution in [2.45, 2.75) is 214 Å². The molecule has 19 atom stereocenters. The third kappa shape index (κ3) is 13.6. The van der Waals surface area contributed by atoms with Crippen molar-refractivity contribution in [3.8, 4) is 0 Å². The Labute approximate surface area is 352 Å². The summed E-state index contributed by atoms with van der Waals surface area (Å²) in [7, 11) is 0. The quantitative estimate of drug-likeness (QED) is 0.0437. The number of hydrogen-bond acceptors (Lipinski definition) is 19. The lowest BCUT2D eigenvalue weighted by Gasteiger charge is -2.47. The fraction of sp³-hybridized carbons (Fsp3) is 0.949. The van der Waals surface area contributed by atoms with E-state index >= 15 is 0 Å². The van der Waals surface area contributed by atoms with Gasteiger partial charge in [-0.2, -0.15) is 0 Å². The van der Waals surface area contributed by atoms with Crippen molar-refractivity contribution in [3.63, 3.8) is 0 Å². The average molecular weight is 866 g/mol. The molecule has 1 unspecified atom stereocenters. The lowest BCUT2D eigenvalue weighted by molar-refractivity contribution is -0.307. The highest BCUT2D eigenvalue weighted by Gasteiger charge is 2.54. The Bertz CT molecular complexity index is 1280. The molecule has 1 saturated carbocycles. The molecule has 3 saturated heterocycles. The third-order valence-electron chi connectivity index (χ3n) is 12.0. The third-order valence-corrected chi connectivity index (χ3v) is 12.0. The summed E-state index contributed by atoms with van der Waals surface area (Å²) < 4.78 is 36.5. The van der Waals surface area contributed by atoms with E-state index in [1.807, 2.05) is 0 Å². The fourth-order valence-electron chi connectivity index (χ4n) is 8.12. The van der Waals surface area contributed by atoms with E-state index in [9.17, 15) is 40.2 Å². The van der Waals surface area contributed by atoms with Gasteiger partial charge in [0.2, 0.25) is 11.8 Å². The second-order valence-corrected chi connectivity index (χ2v) is 16.8. The van der Waals surface area contributed by atoms with Crippen LogP contribution in [0.3, 0.4) is 0 Å². The molecule has 4 rings (SSSR count). The number of aliphatic hydroxyl groups is 6. The van der Waals surface area contributed by atoms with E-state index in [1.165, 1.54) is 0 Å². The van der Waals surface area contributed by atoms with Gasteiger partial charge in [0.05, 0.1) is 18.2 Å². The van der Waals surface area contributed by atoms with Crippen LogP contribution in [0.5, 0.6) is 0 Å².